The second-order valence-corrected chi connectivity index (χ2v) is 5.25. The van der Waals surface area contributed by atoms with E-state index in [1.165, 1.54) is 6.08 Å². The number of anilines is 1. The van der Waals surface area contributed by atoms with Gasteiger partial charge in [0.1, 0.15) is 0 Å². The largest absolute Gasteiger partial charge is 0.321 e. The summed E-state index contributed by atoms with van der Waals surface area (Å²) in [5.41, 5.74) is 4.70. The molecule has 1 aliphatic rings. The van der Waals surface area contributed by atoms with Crippen molar-refractivity contribution in [2.75, 3.05) is 5.32 Å². The molecule has 0 aliphatic carbocycles. The smallest absolute Gasteiger partial charge is 0.256 e. The monoisotopic (exact) mass is 277 g/mol. The van der Waals surface area contributed by atoms with E-state index in [-0.39, 0.29) is 11.7 Å². The summed E-state index contributed by atoms with van der Waals surface area (Å²) in [4.78, 5) is 24.4. The molecule has 3 nitrogen and oxygen atoms in total. The van der Waals surface area contributed by atoms with Crippen molar-refractivity contribution in [3.8, 4) is 0 Å². The lowest BCUT2D eigenvalue weighted by atomic mass is 9.99. The van der Waals surface area contributed by atoms with Gasteiger partial charge in [-0.2, -0.15) is 0 Å². The lowest BCUT2D eigenvalue weighted by Crippen LogP contribution is -2.06. The number of hydrogen-bond donors (Lipinski definition) is 1. The summed E-state index contributed by atoms with van der Waals surface area (Å²) < 4.78 is 0. The van der Waals surface area contributed by atoms with Crippen molar-refractivity contribution < 1.29 is 9.59 Å². The van der Waals surface area contributed by atoms with Gasteiger partial charge in [-0.3, -0.25) is 9.59 Å². The van der Waals surface area contributed by atoms with E-state index < -0.39 is 0 Å². The van der Waals surface area contributed by atoms with Crippen LogP contribution in [0, 0.1) is 13.8 Å². The van der Waals surface area contributed by atoms with Gasteiger partial charge in [-0.25, -0.2) is 0 Å². The Morgan fingerprint density at radius 2 is 1.81 bits per heavy atom. The highest BCUT2D eigenvalue weighted by Gasteiger charge is 2.26. The van der Waals surface area contributed by atoms with Gasteiger partial charge in [-0.15, -0.1) is 0 Å². The highest BCUT2D eigenvalue weighted by Crippen LogP contribution is 2.35. The van der Waals surface area contributed by atoms with E-state index in [4.69, 9.17) is 0 Å². The first-order valence-electron chi connectivity index (χ1n) is 6.80. The molecule has 0 radical (unpaired) electrons. The van der Waals surface area contributed by atoms with E-state index in [1.807, 2.05) is 44.2 Å². The summed E-state index contributed by atoms with van der Waals surface area (Å²) in [6.07, 6.45) is 1.43. The summed E-state index contributed by atoms with van der Waals surface area (Å²) in [5.74, 6) is -0.379. The Labute approximate surface area is 123 Å². The van der Waals surface area contributed by atoms with Gasteiger partial charge in [-0.05, 0) is 31.6 Å². The van der Waals surface area contributed by atoms with Crippen molar-refractivity contribution in [1.29, 1.82) is 0 Å². The van der Waals surface area contributed by atoms with Gasteiger partial charge in [0, 0.05) is 11.1 Å². The molecule has 1 heterocycles. The minimum atomic E-state index is -0.219. The van der Waals surface area contributed by atoms with E-state index in [2.05, 4.69) is 5.32 Å². The van der Waals surface area contributed by atoms with Gasteiger partial charge in [0.05, 0.1) is 11.3 Å². The number of nitrogens with one attached hydrogen (secondary N) is 1. The number of rotatable bonds is 2. The van der Waals surface area contributed by atoms with Gasteiger partial charge >= 0.3 is 0 Å². The minimum absolute atomic E-state index is 0.159. The molecule has 2 aromatic carbocycles. The maximum absolute atomic E-state index is 12.3. The van der Waals surface area contributed by atoms with E-state index in [0.29, 0.717) is 11.1 Å². The van der Waals surface area contributed by atoms with Crippen LogP contribution in [0.2, 0.25) is 0 Å². The quantitative estimate of drug-likeness (QED) is 0.674. The molecule has 0 fully saturated rings. The summed E-state index contributed by atoms with van der Waals surface area (Å²) in [7, 11) is 0. The predicted molar refractivity (Wildman–Crippen MR) is 83.3 cm³/mol. The number of ketones is 1. The van der Waals surface area contributed by atoms with Crippen LogP contribution in [0.4, 0.5) is 5.69 Å². The van der Waals surface area contributed by atoms with Crippen LogP contribution in [0.3, 0.4) is 0 Å². The molecule has 104 valence electrons. The van der Waals surface area contributed by atoms with Crippen LogP contribution in [0.5, 0.6) is 0 Å². The summed E-state index contributed by atoms with van der Waals surface area (Å²) in [5, 5.41) is 2.84. The second kappa shape index (κ2) is 5.02. The Balaban J connectivity index is 2.07. The highest BCUT2D eigenvalue weighted by atomic mass is 16.2. The van der Waals surface area contributed by atoms with Crippen LogP contribution < -0.4 is 5.32 Å². The van der Waals surface area contributed by atoms with Crippen LogP contribution in [0.25, 0.3) is 5.57 Å². The summed E-state index contributed by atoms with van der Waals surface area (Å²) in [6, 6.07) is 12.9. The van der Waals surface area contributed by atoms with Crippen molar-refractivity contribution >= 4 is 23.0 Å². The molecule has 21 heavy (non-hydrogen) atoms. The minimum Gasteiger partial charge on any atom is -0.321 e. The number of aryl methyl sites for hydroxylation is 2. The van der Waals surface area contributed by atoms with Crippen LogP contribution >= 0.6 is 0 Å². The number of amides is 1. The second-order valence-electron chi connectivity index (χ2n) is 5.25. The van der Waals surface area contributed by atoms with Crippen molar-refractivity contribution in [2.45, 2.75) is 13.8 Å². The number of carbonyl (C=O) groups excluding carboxylic acids is 2. The van der Waals surface area contributed by atoms with Gasteiger partial charge in [0.2, 0.25) is 0 Å². The molecule has 1 amide bonds. The molecular formula is C18H15NO2. The van der Waals surface area contributed by atoms with Gasteiger partial charge in [0.25, 0.3) is 5.91 Å². The standard InChI is InChI=1S/C18H15NO2/c1-11-8-12(2)17-14(9-11)15(18(21)19-17)10-16(20)13-6-4-3-5-7-13/h3-10H,1-2H3,(H,19,21)/b15-10+. The predicted octanol–water partition coefficient (Wildman–Crippen LogP) is 3.52. The number of carbonyl (C=O) groups is 2. The number of allylic oxidation sites excluding steroid dienone is 1. The van der Waals surface area contributed by atoms with Crippen molar-refractivity contribution in [1.82, 2.24) is 0 Å². The average Bonchev–Trinajstić information content (AvgIpc) is 2.77. The van der Waals surface area contributed by atoms with E-state index in [9.17, 15) is 9.59 Å². The Kier molecular flexibility index (Phi) is 3.18. The van der Waals surface area contributed by atoms with Gasteiger partial charge < -0.3 is 5.32 Å². The molecule has 3 heteroatoms. The molecule has 0 saturated carbocycles. The normalized spacial score (nSPS) is 15.0. The van der Waals surface area contributed by atoms with Gasteiger partial charge in [-0.1, -0.05) is 42.0 Å². The molecule has 1 N–H and O–H groups in total. The zero-order valence-electron chi connectivity index (χ0n) is 11.9. The third kappa shape index (κ3) is 2.38. The van der Waals surface area contributed by atoms with Crippen LogP contribution in [0.15, 0.2) is 48.5 Å². The number of hydrogen-bond acceptors (Lipinski definition) is 2. The Morgan fingerprint density at radius 3 is 2.52 bits per heavy atom. The lowest BCUT2D eigenvalue weighted by Gasteiger charge is -2.04. The van der Waals surface area contributed by atoms with E-state index in [1.54, 1.807) is 12.1 Å². The zero-order chi connectivity index (χ0) is 15.0. The Hall–Kier alpha value is -2.68. The molecule has 0 bridgehead atoms. The number of fused-ring (bicyclic) bond motifs is 1. The molecule has 0 atom stereocenters. The third-order valence-corrected chi connectivity index (χ3v) is 3.59. The number of benzene rings is 2. The van der Waals surface area contributed by atoms with Crippen LogP contribution in [-0.2, 0) is 4.79 Å². The Morgan fingerprint density at radius 1 is 1.10 bits per heavy atom. The lowest BCUT2D eigenvalue weighted by molar-refractivity contribution is -0.110. The SMILES string of the molecule is Cc1cc(C)c2c(c1)/C(=C\C(=O)c1ccccc1)C(=O)N2. The van der Waals surface area contributed by atoms with Crippen LogP contribution in [-0.4, -0.2) is 11.7 Å². The molecule has 2 aromatic rings. The van der Waals surface area contributed by atoms with E-state index >= 15 is 0 Å². The summed E-state index contributed by atoms with van der Waals surface area (Å²) >= 11 is 0. The molecule has 3 rings (SSSR count). The molecule has 1 aliphatic heterocycles. The van der Waals surface area contributed by atoms with Crippen molar-refractivity contribution in [3.63, 3.8) is 0 Å². The molecule has 0 saturated heterocycles. The fourth-order valence-corrected chi connectivity index (χ4v) is 2.61. The molecular weight excluding hydrogens is 262 g/mol. The highest BCUT2D eigenvalue weighted by molar-refractivity contribution is 6.35. The Bertz CT molecular complexity index is 773. The van der Waals surface area contributed by atoms with E-state index in [0.717, 1.165) is 22.4 Å². The zero-order valence-corrected chi connectivity index (χ0v) is 11.9. The maximum Gasteiger partial charge on any atom is 0.256 e. The maximum atomic E-state index is 12.3. The molecule has 0 spiro atoms. The van der Waals surface area contributed by atoms with Crippen molar-refractivity contribution in [3.05, 3.63) is 70.8 Å². The first kappa shape index (κ1) is 13.3. The fourth-order valence-electron chi connectivity index (χ4n) is 2.61. The molecule has 0 unspecified atom stereocenters. The van der Waals surface area contributed by atoms with Crippen molar-refractivity contribution in [2.24, 2.45) is 0 Å². The first-order valence-corrected chi connectivity index (χ1v) is 6.80. The third-order valence-electron chi connectivity index (χ3n) is 3.59. The first-order chi connectivity index (χ1) is 10.1. The van der Waals surface area contributed by atoms with Gasteiger partial charge in [0.15, 0.2) is 5.78 Å². The summed E-state index contributed by atoms with van der Waals surface area (Å²) in [6.45, 7) is 3.93. The van der Waals surface area contributed by atoms with Crippen LogP contribution in [0.1, 0.15) is 27.0 Å². The topological polar surface area (TPSA) is 46.2 Å². The molecule has 0 aromatic heterocycles. The average molecular weight is 277 g/mol. The fraction of sp³-hybridized carbons (Fsp3) is 0.111.